The Morgan fingerprint density at radius 1 is 1.25 bits per heavy atom. The molecule has 2 rings (SSSR count). The molecular weight excluding hydrogens is 252 g/mol. The van der Waals surface area contributed by atoms with Gasteiger partial charge in [-0.1, -0.05) is 25.5 Å². The topological polar surface area (TPSA) is 44.7 Å². The predicted octanol–water partition coefficient (Wildman–Crippen LogP) is 1.74. The second kappa shape index (κ2) is 8.25. The van der Waals surface area contributed by atoms with Gasteiger partial charge in [0.15, 0.2) is 0 Å². The third kappa shape index (κ3) is 5.12. The largest absolute Gasteiger partial charge is 0.390 e. The van der Waals surface area contributed by atoms with Crippen LogP contribution in [0.3, 0.4) is 0 Å². The quantitative estimate of drug-likeness (QED) is 0.797. The Labute approximate surface area is 121 Å². The number of aliphatic hydroxyl groups is 1. The Bertz CT molecular complexity index is 375. The predicted molar refractivity (Wildman–Crippen MR) is 82.2 cm³/mol. The zero-order valence-electron chi connectivity index (χ0n) is 12.3. The molecule has 1 atom stereocenters. The van der Waals surface area contributed by atoms with Crippen LogP contribution in [0.1, 0.15) is 18.9 Å². The summed E-state index contributed by atoms with van der Waals surface area (Å²) in [6.07, 6.45) is 1.95. The number of nitrogens with one attached hydrogen (secondary N) is 1. The van der Waals surface area contributed by atoms with Crippen LogP contribution in [0.15, 0.2) is 24.3 Å². The third-order valence-electron chi connectivity index (χ3n) is 3.61. The summed E-state index contributed by atoms with van der Waals surface area (Å²) in [4.78, 5) is 2.25. The number of β-amino-alcohol motifs (C(OH)–C–C–N with tert-alkyl or cyclic N) is 1. The summed E-state index contributed by atoms with van der Waals surface area (Å²) < 4.78 is 5.30. The molecule has 20 heavy (non-hydrogen) atoms. The summed E-state index contributed by atoms with van der Waals surface area (Å²) in [6.45, 7) is 6.88. The van der Waals surface area contributed by atoms with Crippen molar-refractivity contribution in [2.45, 2.75) is 25.9 Å². The lowest BCUT2D eigenvalue weighted by Crippen LogP contribution is -2.42. The molecule has 4 heteroatoms. The minimum Gasteiger partial charge on any atom is -0.390 e. The molecule has 1 aromatic carbocycles. The molecule has 1 aromatic rings. The molecule has 0 aliphatic carbocycles. The maximum Gasteiger partial charge on any atom is 0.0839 e. The second-order valence-corrected chi connectivity index (χ2v) is 5.39. The van der Waals surface area contributed by atoms with Gasteiger partial charge in [0, 0.05) is 31.9 Å². The van der Waals surface area contributed by atoms with Gasteiger partial charge in [-0.2, -0.15) is 0 Å². The second-order valence-electron chi connectivity index (χ2n) is 5.39. The van der Waals surface area contributed by atoms with E-state index >= 15 is 0 Å². The fourth-order valence-electron chi connectivity index (χ4n) is 2.46. The molecule has 0 amide bonds. The van der Waals surface area contributed by atoms with E-state index in [9.17, 15) is 5.11 Å². The molecule has 0 radical (unpaired) electrons. The van der Waals surface area contributed by atoms with Crippen molar-refractivity contribution in [1.82, 2.24) is 4.90 Å². The first-order chi connectivity index (χ1) is 9.78. The molecule has 4 nitrogen and oxygen atoms in total. The molecule has 1 heterocycles. The van der Waals surface area contributed by atoms with E-state index in [1.54, 1.807) is 0 Å². The molecular formula is C16H26N2O2. The zero-order chi connectivity index (χ0) is 14.2. The summed E-state index contributed by atoms with van der Waals surface area (Å²) >= 11 is 0. The fourth-order valence-corrected chi connectivity index (χ4v) is 2.46. The number of hydrogen-bond acceptors (Lipinski definition) is 4. The van der Waals surface area contributed by atoms with Gasteiger partial charge in [-0.3, -0.25) is 4.90 Å². The number of benzene rings is 1. The molecule has 0 saturated carbocycles. The highest BCUT2D eigenvalue weighted by atomic mass is 16.5. The number of anilines is 1. The van der Waals surface area contributed by atoms with Crippen LogP contribution in [0.4, 0.5) is 5.69 Å². The highest BCUT2D eigenvalue weighted by Crippen LogP contribution is 2.11. The summed E-state index contributed by atoms with van der Waals surface area (Å²) in [7, 11) is 0. The monoisotopic (exact) mass is 278 g/mol. The average Bonchev–Trinajstić information content (AvgIpc) is 2.48. The van der Waals surface area contributed by atoms with Gasteiger partial charge in [0.05, 0.1) is 19.3 Å². The van der Waals surface area contributed by atoms with Crippen LogP contribution in [0, 0.1) is 0 Å². The van der Waals surface area contributed by atoms with Crippen LogP contribution in [-0.4, -0.2) is 55.5 Å². The van der Waals surface area contributed by atoms with Gasteiger partial charge in [0.1, 0.15) is 0 Å². The van der Waals surface area contributed by atoms with Crippen LogP contribution in [0.25, 0.3) is 0 Å². The fraction of sp³-hybridized carbons (Fsp3) is 0.625. The van der Waals surface area contributed by atoms with E-state index in [0.29, 0.717) is 13.1 Å². The number of rotatable bonds is 7. The van der Waals surface area contributed by atoms with Crippen molar-refractivity contribution >= 4 is 5.69 Å². The summed E-state index contributed by atoms with van der Waals surface area (Å²) in [5.74, 6) is 0. The molecule has 112 valence electrons. The number of nitrogens with zero attached hydrogens (tertiary/aromatic N) is 1. The van der Waals surface area contributed by atoms with E-state index in [1.165, 1.54) is 12.0 Å². The van der Waals surface area contributed by atoms with E-state index in [1.807, 2.05) is 0 Å². The molecule has 1 aliphatic heterocycles. The van der Waals surface area contributed by atoms with E-state index in [0.717, 1.165) is 38.4 Å². The van der Waals surface area contributed by atoms with Gasteiger partial charge >= 0.3 is 0 Å². The molecule has 1 saturated heterocycles. The SMILES string of the molecule is CCCc1ccc(NCC(O)CN2CCOCC2)cc1. The van der Waals surface area contributed by atoms with Gasteiger partial charge in [-0.05, 0) is 24.1 Å². The molecule has 1 aliphatic rings. The smallest absolute Gasteiger partial charge is 0.0839 e. The highest BCUT2D eigenvalue weighted by molar-refractivity contribution is 5.44. The maximum atomic E-state index is 10.1. The van der Waals surface area contributed by atoms with Crippen molar-refractivity contribution in [3.05, 3.63) is 29.8 Å². The Morgan fingerprint density at radius 3 is 2.60 bits per heavy atom. The standard InChI is InChI=1S/C16H26N2O2/c1-2-3-14-4-6-15(7-5-14)17-12-16(19)13-18-8-10-20-11-9-18/h4-7,16-17,19H,2-3,8-13H2,1H3. The number of aryl methyl sites for hydroxylation is 1. The summed E-state index contributed by atoms with van der Waals surface area (Å²) in [6, 6.07) is 8.49. The van der Waals surface area contributed by atoms with Gasteiger partial charge < -0.3 is 15.2 Å². The average molecular weight is 278 g/mol. The molecule has 0 spiro atoms. The van der Waals surface area contributed by atoms with Gasteiger partial charge in [-0.15, -0.1) is 0 Å². The van der Waals surface area contributed by atoms with Crippen LogP contribution < -0.4 is 5.32 Å². The molecule has 1 fully saturated rings. The van der Waals surface area contributed by atoms with Crippen molar-refractivity contribution in [3.8, 4) is 0 Å². The van der Waals surface area contributed by atoms with Crippen molar-refractivity contribution in [2.75, 3.05) is 44.7 Å². The number of hydrogen-bond donors (Lipinski definition) is 2. The lowest BCUT2D eigenvalue weighted by molar-refractivity contribution is 0.0171. The van der Waals surface area contributed by atoms with E-state index in [4.69, 9.17) is 4.74 Å². The van der Waals surface area contributed by atoms with E-state index < -0.39 is 0 Å². The number of ether oxygens (including phenoxy) is 1. The van der Waals surface area contributed by atoms with Crippen LogP contribution in [0.5, 0.6) is 0 Å². The number of aliphatic hydroxyl groups excluding tert-OH is 1. The Morgan fingerprint density at radius 2 is 1.95 bits per heavy atom. The van der Waals surface area contributed by atoms with Gasteiger partial charge in [-0.25, -0.2) is 0 Å². The Kier molecular flexibility index (Phi) is 6.30. The van der Waals surface area contributed by atoms with Crippen LogP contribution >= 0.6 is 0 Å². The highest BCUT2D eigenvalue weighted by Gasteiger charge is 2.14. The van der Waals surface area contributed by atoms with Gasteiger partial charge in [0.25, 0.3) is 0 Å². The number of morpholine rings is 1. The Balaban J connectivity index is 1.70. The summed E-state index contributed by atoms with van der Waals surface area (Å²) in [5.41, 5.74) is 2.44. The third-order valence-corrected chi connectivity index (χ3v) is 3.61. The minimum absolute atomic E-state index is 0.344. The van der Waals surface area contributed by atoms with Crippen molar-refractivity contribution in [1.29, 1.82) is 0 Å². The first-order valence-corrected chi connectivity index (χ1v) is 7.59. The minimum atomic E-state index is -0.344. The lowest BCUT2D eigenvalue weighted by Gasteiger charge is -2.28. The molecule has 0 bridgehead atoms. The molecule has 1 unspecified atom stereocenters. The zero-order valence-corrected chi connectivity index (χ0v) is 12.3. The van der Waals surface area contributed by atoms with Crippen molar-refractivity contribution < 1.29 is 9.84 Å². The van der Waals surface area contributed by atoms with E-state index in [-0.39, 0.29) is 6.10 Å². The Hall–Kier alpha value is -1.10. The maximum absolute atomic E-state index is 10.1. The van der Waals surface area contributed by atoms with Crippen LogP contribution in [0.2, 0.25) is 0 Å². The summed E-state index contributed by atoms with van der Waals surface area (Å²) in [5, 5.41) is 13.4. The van der Waals surface area contributed by atoms with Crippen molar-refractivity contribution in [3.63, 3.8) is 0 Å². The first kappa shape index (κ1) is 15.3. The van der Waals surface area contributed by atoms with E-state index in [2.05, 4.69) is 41.4 Å². The van der Waals surface area contributed by atoms with Crippen LogP contribution in [-0.2, 0) is 11.2 Å². The van der Waals surface area contributed by atoms with Crippen molar-refractivity contribution in [2.24, 2.45) is 0 Å². The lowest BCUT2D eigenvalue weighted by atomic mass is 10.1. The molecule has 2 N–H and O–H groups in total. The van der Waals surface area contributed by atoms with Gasteiger partial charge in [0.2, 0.25) is 0 Å². The normalized spacial score (nSPS) is 17.9. The molecule has 0 aromatic heterocycles. The first-order valence-electron chi connectivity index (χ1n) is 7.59.